The van der Waals surface area contributed by atoms with Crippen molar-refractivity contribution in [3.8, 4) is 0 Å². The molecule has 1 atom stereocenters. The van der Waals surface area contributed by atoms with Crippen LogP contribution >= 0.6 is 11.6 Å². The van der Waals surface area contributed by atoms with Crippen molar-refractivity contribution in [2.75, 3.05) is 18.0 Å². The fraction of sp³-hybridized carbons (Fsp3) is 0.333. The van der Waals surface area contributed by atoms with Crippen LogP contribution in [0.1, 0.15) is 18.9 Å². The molecule has 1 aromatic carbocycles. The van der Waals surface area contributed by atoms with E-state index in [0.717, 1.165) is 18.3 Å². The van der Waals surface area contributed by atoms with Gasteiger partial charge in [-0.25, -0.2) is 4.79 Å². The van der Waals surface area contributed by atoms with Crippen LogP contribution in [0.3, 0.4) is 0 Å². The summed E-state index contributed by atoms with van der Waals surface area (Å²) in [5.41, 5.74) is 6.46. The summed E-state index contributed by atoms with van der Waals surface area (Å²) in [6.45, 7) is 3.16. The van der Waals surface area contributed by atoms with Crippen molar-refractivity contribution in [3.63, 3.8) is 0 Å². The minimum absolute atomic E-state index is 0.294. The van der Waals surface area contributed by atoms with E-state index in [1.807, 2.05) is 13.0 Å². The van der Waals surface area contributed by atoms with Gasteiger partial charge in [-0.1, -0.05) is 17.7 Å². The van der Waals surface area contributed by atoms with Gasteiger partial charge in [0, 0.05) is 29.9 Å². The van der Waals surface area contributed by atoms with Crippen LogP contribution < -0.4 is 10.6 Å². The summed E-state index contributed by atoms with van der Waals surface area (Å²) in [4.78, 5) is 24.0. The number of nitrogens with two attached hydrogens (primary N) is 1. The highest BCUT2D eigenvalue weighted by Gasteiger charge is 2.38. The van der Waals surface area contributed by atoms with Crippen LogP contribution in [-0.4, -0.2) is 30.1 Å². The van der Waals surface area contributed by atoms with Crippen molar-refractivity contribution in [2.24, 2.45) is 11.1 Å². The van der Waals surface area contributed by atoms with Gasteiger partial charge >= 0.3 is 5.97 Å². The number of amides is 1. The number of aliphatic carboxylic acids is 1. The Hall–Kier alpha value is -2.01. The highest BCUT2D eigenvalue weighted by molar-refractivity contribution is 6.32. The van der Waals surface area contributed by atoms with E-state index in [1.165, 1.54) is 6.08 Å². The Morgan fingerprint density at radius 3 is 2.71 bits per heavy atom. The summed E-state index contributed by atoms with van der Waals surface area (Å²) >= 11 is 6.16. The third-order valence-corrected chi connectivity index (χ3v) is 4.15. The molecule has 21 heavy (non-hydrogen) atoms. The average Bonchev–Trinajstić information content (AvgIpc) is 2.81. The summed E-state index contributed by atoms with van der Waals surface area (Å²) in [6, 6.07) is 5.40. The van der Waals surface area contributed by atoms with Gasteiger partial charge in [0.2, 0.25) is 5.91 Å². The minimum atomic E-state index is -1.02. The van der Waals surface area contributed by atoms with E-state index in [9.17, 15) is 9.59 Å². The number of carboxylic acid groups (broad SMARTS) is 1. The van der Waals surface area contributed by atoms with Crippen molar-refractivity contribution in [1.82, 2.24) is 0 Å². The van der Waals surface area contributed by atoms with Gasteiger partial charge in [-0.15, -0.1) is 0 Å². The molecular formula is C15H17ClN2O3. The number of rotatable bonds is 4. The molecule has 1 aliphatic heterocycles. The number of hydrogen-bond acceptors (Lipinski definition) is 3. The monoisotopic (exact) mass is 308 g/mol. The minimum Gasteiger partial charge on any atom is -0.478 e. The van der Waals surface area contributed by atoms with Crippen molar-refractivity contribution < 1.29 is 14.7 Å². The molecule has 0 saturated carbocycles. The van der Waals surface area contributed by atoms with E-state index in [4.69, 9.17) is 22.4 Å². The summed E-state index contributed by atoms with van der Waals surface area (Å²) in [5, 5.41) is 9.09. The van der Waals surface area contributed by atoms with Crippen molar-refractivity contribution in [3.05, 3.63) is 34.9 Å². The average molecular weight is 309 g/mol. The maximum Gasteiger partial charge on any atom is 0.328 e. The predicted molar refractivity (Wildman–Crippen MR) is 82.3 cm³/mol. The lowest BCUT2D eigenvalue weighted by molar-refractivity contribution is -0.131. The number of anilines is 1. The molecule has 2 rings (SSSR count). The van der Waals surface area contributed by atoms with E-state index < -0.39 is 11.4 Å². The van der Waals surface area contributed by atoms with Crippen LogP contribution in [0, 0.1) is 5.41 Å². The molecule has 1 saturated heterocycles. The molecule has 1 fully saturated rings. The number of nitrogens with zero attached hydrogens (tertiary/aromatic N) is 1. The van der Waals surface area contributed by atoms with Gasteiger partial charge in [-0.05, 0) is 37.1 Å². The first-order valence-electron chi connectivity index (χ1n) is 6.57. The molecular weight excluding hydrogens is 292 g/mol. The number of primary amides is 1. The van der Waals surface area contributed by atoms with Crippen LogP contribution in [0.15, 0.2) is 24.3 Å². The van der Waals surface area contributed by atoms with Gasteiger partial charge in [0.15, 0.2) is 0 Å². The van der Waals surface area contributed by atoms with Gasteiger partial charge in [-0.2, -0.15) is 0 Å². The van der Waals surface area contributed by atoms with Crippen LogP contribution in [0.2, 0.25) is 5.02 Å². The number of halogens is 1. The Morgan fingerprint density at radius 2 is 2.19 bits per heavy atom. The molecule has 1 aliphatic rings. The Bertz CT molecular complexity index is 615. The zero-order valence-corrected chi connectivity index (χ0v) is 12.4. The second-order valence-electron chi connectivity index (χ2n) is 5.47. The van der Waals surface area contributed by atoms with Crippen molar-refractivity contribution >= 4 is 35.2 Å². The highest BCUT2D eigenvalue weighted by Crippen LogP contribution is 2.34. The Morgan fingerprint density at radius 1 is 1.48 bits per heavy atom. The first kappa shape index (κ1) is 15.4. The van der Waals surface area contributed by atoms with Crippen LogP contribution in [0.4, 0.5) is 5.69 Å². The SMILES string of the molecule is CC1(C(N)=O)CCN(c2ccc(/C=C/C(=O)O)c(Cl)c2)C1. The number of carboxylic acids is 1. The molecule has 0 spiro atoms. The second kappa shape index (κ2) is 5.77. The fourth-order valence-corrected chi connectivity index (χ4v) is 2.63. The molecule has 1 unspecified atom stereocenters. The van der Waals surface area contributed by atoms with Crippen molar-refractivity contribution in [2.45, 2.75) is 13.3 Å². The third-order valence-electron chi connectivity index (χ3n) is 3.82. The smallest absolute Gasteiger partial charge is 0.328 e. The number of benzene rings is 1. The summed E-state index contributed by atoms with van der Waals surface area (Å²) in [7, 11) is 0. The molecule has 3 N–H and O–H groups in total. The molecule has 0 aromatic heterocycles. The highest BCUT2D eigenvalue weighted by atomic mass is 35.5. The molecule has 0 bridgehead atoms. The number of carbonyl (C=O) groups is 2. The molecule has 1 aromatic rings. The molecule has 6 heteroatoms. The zero-order chi connectivity index (χ0) is 15.6. The molecule has 0 radical (unpaired) electrons. The summed E-state index contributed by atoms with van der Waals surface area (Å²) in [6.07, 6.45) is 3.20. The second-order valence-corrected chi connectivity index (χ2v) is 5.88. The molecule has 0 aliphatic carbocycles. The van der Waals surface area contributed by atoms with Crippen LogP contribution in [0.25, 0.3) is 6.08 Å². The Labute approximate surface area is 128 Å². The van der Waals surface area contributed by atoms with E-state index in [0.29, 0.717) is 23.6 Å². The molecule has 5 nitrogen and oxygen atoms in total. The summed E-state index contributed by atoms with van der Waals surface area (Å²) in [5.74, 6) is -1.32. The Kier molecular flexibility index (Phi) is 4.23. The lowest BCUT2D eigenvalue weighted by atomic mass is 9.89. The topological polar surface area (TPSA) is 83.6 Å². The van der Waals surface area contributed by atoms with Gasteiger partial charge in [-0.3, -0.25) is 4.79 Å². The van der Waals surface area contributed by atoms with E-state index in [2.05, 4.69) is 4.90 Å². The van der Waals surface area contributed by atoms with Gasteiger partial charge in [0.1, 0.15) is 0 Å². The van der Waals surface area contributed by atoms with Crippen LogP contribution in [-0.2, 0) is 9.59 Å². The maximum absolute atomic E-state index is 11.5. The third kappa shape index (κ3) is 3.36. The molecule has 1 heterocycles. The lowest BCUT2D eigenvalue weighted by Gasteiger charge is -2.23. The van der Waals surface area contributed by atoms with Crippen LogP contribution in [0.5, 0.6) is 0 Å². The fourth-order valence-electron chi connectivity index (χ4n) is 2.39. The predicted octanol–water partition coefficient (Wildman–Crippen LogP) is 2.14. The van der Waals surface area contributed by atoms with E-state index >= 15 is 0 Å². The zero-order valence-electron chi connectivity index (χ0n) is 11.7. The van der Waals surface area contributed by atoms with Gasteiger partial charge in [0.25, 0.3) is 0 Å². The molecule has 112 valence electrons. The normalized spacial score (nSPS) is 21.9. The summed E-state index contributed by atoms with van der Waals surface area (Å²) < 4.78 is 0. The maximum atomic E-state index is 11.5. The first-order valence-corrected chi connectivity index (χ1v) is 6.95. The lowest BCUT2D eigenvalue weighted by Crippen LogP contribution is -2.37. The van der Waals surface area contributed by atoms with E-state index in [1.54, 1.807) is 12.1 Å². The standard InChI is InChI=1S/C15H17ClN2O3/c1-15(14(17)21)6-7-18(9-15)11-4-2-10(12(16)8-11)3-5-13(19)20/h2-5,8H,6-7,9H2,1H3,(H2,17,21)(H,19,20)/b5-3+. The quantitative estimate of drug-likeness (QED) is 0.835. The largest absolute Gasteiger partial charge is 0.478 e. The van der Waals surface area contributed by atoms with Gasteiger partial charge < -0.3 is 15.7 Å². The van der Waals surface area contributed by atoms with Crippen molar-refractivity contribution in [1.29, 1.82) is 0 Å². The number of hydrogen-bond donors (Lipinski definition) is 2. The van der Waals surface area contributed by atoms with E-state index in [-0.39, 0.29) is 5.91 Å². The first-order chi connectivity index (χ1) is 9.82. The molecule has 1 amide bonds. The van der Waals surface area contributed by atoms with Gasteiger partial charge in [0.05, 0.1) is 5.41 Å². The Balaban J connectivity index is 2.18. The number of carbonyl (C=O) groups excluding carboxylic acids is 1.